The third-order valence-electron chi connectivity index (χ3n) is 2.44. The van der Waals surface area contributed by atoms with Gasteiger partial charge in [-0.2, -0.15) is 5.26 Å². The van der Waals surface area contributed by atoms with Gasteiger partial charge in [0.15, 0.2) is 0 Å². The van der Waals surface area contributed by atoms with Crippen molar-refractivity contribution in [1.29, 1.82) is 5.26 Å². The molecule has 0 atom stereocenters. The first kappa shape index (κ1) is 12.1. The summed E-state index contributed by atoms with van der Waals surface area (Å²) >= 11 is 1.26. The van der Waals surface area contributed by atoms with Crippen LogP contribution in [0.15, 0.2) is 29.1 Å². The lowest BCUT2D eigenvalue weighted by atomic mass is 10.2. The highest BCUT2D eigenvalue weighted by atomic mass is 32.1. The Kier molecular flexibility index (Phi) is 3.31. The molecular formula is C13H10N2O2S. The molecule has 0 saturated heterocycles. The van der Waals surface area contributed by atoms with Crippen molar-refractivity contribution in [2.24, 2.45) is 7.05 Å². The van der Waals surface area contributed by atoms with Crippen LogP contribution in [0.1, 0.15) is 5.56 Å². The van der Waals surface area contributed by atoms with Crippen LogP contribution in [0.25, 0.3) is 12.2 Å². The summed E-state index contributed by atoms with van der Waals surface area (Å²) in [5.41, 5.74) is 0.699. The van der Waals surface area contributed by atoms with Crippen LogP contribution in [0, 0.1) is 11.3 Å². The number of aromatic hydroxyl groups is 1. The Bertz CT molecular complexity index is 776. The van der Waals surface area contributed by atoms with Crippen LogP contribution in [0.2, 0.25) is 0 Å². The third kappa shape index (κ3) is 2.34. The van der Waals surface area contributed by atoms with Crippen LogP contribution in [0.5, 0.6) is 5.75 Å². The predicted molar refractivity (Wildman–Crippen MR) is 70.6 cm³/mol. The van der Waals surface area contributed by atoms with E-state index in [1.54, 1.807) is 37.4 Å². The number of rotatable bonds is 1. The van der Waals surface area contributed by atoms with Crippen molar-refractivity contribution in [2.75, 3.05) is 0 Å². The highest BCUT2D eigenvalue weighted by Crippen LogP contribution is 2.09. The van der Waals surface area contributed by atoms with E-state index >= 15 is 0 Å². The number of phenolic OH excluding ortho intramolecular Hbond substituents is 1. The van der Waals surface area contributed by atoms with Gasteiger partial charge in [-0.15, -0.1) is 11.3 Å². The van der Waals surface area contributed by atoms with Crippen molar-refractivity contribution in [2.45, 2.75) is 0 Å². The van der Waals surface area contributed by atoms with Gasteiger partial charge in [-0.05, 0) is 23.8 Å². The molecule has 0 bridgehead atoms. The molecule has 2 aromatic rings. The number of benzene rings is 1. The summed E-state index contributed by atoms with van der Waals surface area (Å²) in [6.45, 7) is 0. The molecule has 0 unspecified atom stereocenters. The molecule has 0 amide bonds. The molecule has 0 fully saturated rings. The summed E-state index contributed by atoms with van der Waals surface area (Å²) in [7, 11) is 1.64. The largest absolute Gasteiger partial charge is 0.508 e. The quantitative estimate of drug-likeness (QED) is 0.799. The molecule has 90 valence electrons. The van der Waals surface area contributed by atoms with Gasteiger partial charge in [0.2, 0.25) is 0 Å². The van der Waals surface area contributed by atoms with Crippen LogP contribution in [0.4, 0.5) is 0 Å². The molecule has 5 heteroatoms. The first-order chi connectivity index (χ1) is 8.61. The molecule has 4 nitrogen and oxygen atoms in total. The maximum absolute atomic E-state index is 11.9. The first-order valence-corrected chi connectivity index (χ1v) is 6.00. The number of phenols is 1. The maximum Gasteiger partial charge on any atom is 0.268 e. The van der Waals surface area contributed by atoms with Gasteiger partial charge in [0.05, 0.1) is 10.6 Å². The molecule has 0 spiro atoms. The molecular weight excluding hydrogens is 248 g/mol. The minimum Gasteiger partial charge on any atom is -0.508 e. The molecule has 0 saturated carbocycles. The third-order valence-corrected chi connectivity index (χ3v) is 3.55. The van der Waals surface area contributed by atoms with E-state index < -0.39 is 0 Å². The van der Waals surface area contributed by atoms with E-state index in [2.05, 4.69) is 0 Å². The van der Waals surface area contributed by atoms with Crippen LogP contribution in [-0.4, -0.2) is 9.67 Å². The monoisotopic (exact) mass is 258 g/mol. The number of hydrogen-bond acceptors (Lipinski definition) is 4. The Labute approximate surface area is 107 Å². The minimum atomic E-state index is -0.130. The Hall–Kier alpha value is -2.32. The second kappa shape index (κ2) is 4.90. The summed E-state index contributed by atoms with van der Waals surface area (Å²) < 4.78 is 2.62. The van der Waals surface area contributed by atoms with Crippen LogP contribution >= 0.6 is 11.3 Å². The van der Waals surface area contributed by atoms with E-state index in [0.717, 1.165) is 5.56 Å². The van der Waals surface area contributed by atoms with E-state index in [1.165, 1.54) is 22.0 Å². The SMILES string of the molecule is Cn1c(=O)/c(=C\c2ccc(O)cc2)s/c1=C\C#N. The Balaban J connectivity index is 2.63. The van der Waals surface area contributed by atoms with E-state index in [1.807, 2.05) is 6.07 Å². The molecule has 1 aromatic carbocycles. The molecule has 2 rings (SSSR count). The second-order valence-corrected chi connectivity index (χ2v) is 4.74. The van der Waals surface area contributed by atoms with Gasteiger partial charge in [0.1, 0.15) is 10.4 Å². The van der Waals surface area contributed by atoms with Crippen molar-refractivity contribution in [3.05, 3.63) is 49.4 Å². The number of aromatic nitrogens is 1. The highest BCUT2D eigenvalue weighted by Gasteiger charge is 1.99. The molecule has 0 radical (unpaired) electrons. The fourth-order valence-electron chi connectivity index (χ4n) is 1.48. The lowest BCUT2D eigenvalue weighted by molar-refractivity contribution is 0.475. The van der Waals surface area contributed by atoms with Gasteiger partial charge in [0, 0.05) is 13.1 Å². The molecule has 1 N–H and O–H groups in total. The van der Waals surface area contributed by atoms with Gasteiger partial charge < -0.3 is 9.67 Å². The van der Waals surface area contributed by atoms with Gasteiger partial charge in [-0.25, -0.2) is 0 Å². The standard InChI is InChI=1S/C13H10N2O2S/c1-15-12(6-7-14)18-11(13(15)17)8-9-2-4-10(16)5-3-9/h2-6,8,16H,1H3/b11-8+,12-6-. The second-order valence-electron chi connectivity index (χ2n) is 3.68. The minimum absolute atomic E-state index is 0.130. The van der Waals surface area contributed by atoms with E-state index in [4.69, 9.17) is 5.26 Å². The van der Waals surface area contributed by atoms with Crippen molar-refractivity contribution in [3.63, 3.8) is 0 Å². The summed E-state index contributed by atoms with van der Waals surface area (Å²) in [6, 6.07) is 8.49. The molecule has 1 heterocycles. The van der Waals surface area contributed by atoms with Gasteiger partial charge in [-0.1, -0.05) is 12.1 Å². The zero-order valence-electron chi connectivity index (χ0n) is 9.62. The summed E-state index contributed by atoms with van der Waals surface area (Å²) in [5, 5.41) is 17.8. The van der Waals surface area contributed by atoms with Crippen molar-refractivity contribution >= 4 is 23.5 Å². The number of nitrogens with zero attached hydrogens (tertiary/aromatic N) is 2. The molecule has 1 aromatic heterocycles. The van der Waals surface area contributed by atoms with Gasteiger partial charge >= 0.3 is 0 Å². The summed E-state index contributed by atoms with van der Waals surface area (Å²) in [4.78, 5) is 11.9. The first-order valence-electron chi connectivity index (χ1n) is 5.18. The van der Waals surface area contributed by atoms with E-state index in [9.17, 15) is 9.90 Å². The zero-order valence-corrected chi connectivity index (χ0v) is 10.4. The van der Waals surface area contributed by atoms with E-state index in [0.29, 0.717) is 9.20 Å². The van der Waals surface area contributed by atoms with Crippen molar-refractivity contribution in [1.82, 2.24) is 4.57 Å². The fourth-order valence-corrected chi connectivity index (χ4v) is 2.46. The molecule has 18 heavy (non-hydrogen) atoms. The smallest absolute Gasteiger partial charge is 0.268 e. The zero-order chi connectivity index (χ0) is 13.1. The Morgan fingerprint density at radius 3 is 2.67 bits per heavy atom. The summed E-state index contributed by atoms with van der Waals surface area (Å²) in [5.74, 6) is 0.185. The van der Waals surface area contributed by atoms with Crippen molar-refractivity contribution in [3.8, 4) is 11.8 Å². The predicted octanol–water partition coefficient (Wildman–Crippen LogP) is 0.285. The lowest BCUT2D eigenvalue weighted by Crippen LogP contribution is -2.28. The lowest BCUT2D eigenvalue weighted by Gasteiger charge is -1.92. The normalized spacial score (nSPS) is 12.7. The average Bonchev–Trinajstić information content (AvgIpc) is 2.61. The van der Waals surface area contributed by atoms with Crippen molar-refractivity contribution < 1.29 is 5.11 Å². The molecule has 0 aliphatic heterocycles. The van der Waals surface area contributed by atoms with Crippen LogP contribution < -0.4 is 14.8 Å². The van der Waals surface area contributed by atoms with Crippen LogP contribution in [0.3, 0.4) is 0 Å². The average molecular weight is 258 g/mol. The Morgan fingerprint density at radius 2 is 2.06 bits per heavy atom. The molecule has 0 aliphatic carbocycles. The Morgan fingerprint density at radius 1 is 1.39 bits per heavy atom. The van der Waals surface area contributed by atoms with Gasteiger partial charge in [-0.3, -0.25) is 4.79 Å². The fraction of sp³-hybridized carbons (Fsp3) is 0.0769. The topological polar surface area (TPSA) is 66.0 Å². The van der Waals surface area contributed by atoms with Gasteiger partial charge in [0.25, 0.3) is 5.56 Å². The maximum atomic E-state index is 11.9. The number of nitriles is 1. The number of thiazole rings is 1. The van der Waals surface area contributed by atoms with E-state index in [-0.39, 0.29) is 11.3 Å². The van der Waals surface area contributed by atoms with Crippen LogP contribution in [-0.2, 0) is 7.05 Å². The highest BCUT2D eigenvalue weighted by molar-refractivity contribution is 7.07. The molecule has 0 aliphatic rings. The number of hydrogen-bond donors (Lipinski definition) is 1. The summed E-state index contributed by atoms with van der Waals surface area (Å²) in [6.07, 6.45) is 3.08.